The molecule has 8 nitrogen and oxygen atoms in total. The number of hydrogen-bond donors (Lipinski definition) is 0. The Kier molecular flexibility index (Phi) is 9.18. The number of anilines is 6. The molecular weight excluding hydrogens is 1030 g/mol. The third kappa shape index (κ3) is 6.64. The lowest BCUT2D eigenvalue weighted by molar-refractivity contribution is 0.477. The molecule has 390 valence electrons. The number of ether oxygens (including phenoxy) is 2. The van der Waals surface area contributed by atoms with Crippen molar-refractivity contribution in [3.63, 3.8) is 0 Å². The molecular formula is C76H42N4O4. The number of para-hydroxylation sites is 4. The van der Waals surface area contributed by atoms with E-state index in [9.17, 15) is 0 Å². The Morgan fingerprint density at radius 2 is 0.655 bits per heavy atom. The van der Waals surface area contributed by atoms with Gasteiger partial charge in [0.1, 0.15) is 22.3 Å². The van der Waals surface area contributed by atoms with Crippen LogP contribution in [0.3, 0.4) is 0 Å². The largest absolute Gasteiger partial charge is 0.456 e. The van der Waals surface area contributed by atoms with Crippen molar-refractivity contribution >= 4 is 143 Å². The molecule has 0 bridgehead atoms. The zero-order chi connectivity index (χ0) is 54.7. The standard InChI is InChI=1S/C76H42N4O4/c1-3-13-45-29-51-33-69-57(31-49(51)27-43(45)11-1)59-37-73-65(39-71(59)83-69)79(63-17-5-7-19-67(63)81-73)53-21-23-55-61(35-53)75(47-15-9-25-77-41-47)56-24-22-54(36-62(56)76(55)48-16-10-26-78-42-48)80-64-18-6-8-20-68(64)82-74-38-60-58-32-50-28-44-12-2-4-14-46(44)30-52(50)34-70(58)84-72(60)40-66(74)80/h1-42H. The van der Waals surface area contributed by atoms with Crippen LogP contribution in [-0.4, -0.2) is 9.97 Å². The number of pyridine rings is 2. The van der Waals surface area contributed by atoms with Crippen LogP contribution in [0.5, 0.6) is 23.0 Å². The van der Waals surface area contributed by atoms with Crippen molar-refractivity contribution in [2.45, 2.75) is 0 Å². The minimum Gasteiger partial charge on any atom is -0.456 e. The first kappa shape index (κ1) is 45.3. The summed E-state index contributed by atoms with van der Waals surface area (Å²) in [6.07, 6.45) is 7.62. The lowest BCUT2D eigenvalue weighted by Crippen LogP contribution is -2.16. The lowest BCUT2D eigenvalue weighted by Gasteiger charge is -2.33. The van der Waals surface area contributed by atoms with Crippen molar-refractivity contribution in [2.75, 3.05) is 9.80 Å². The molecule has 0 aliphatic carbocycles. The number of benzene rings is 13. The fourth-order valence-electron chi connectivity index (χ4n) is 13.6. The molecule has 0 spiro atoms. The Morgan fingerprint density at radius 1 is 0.262 bits per heavy atom. The summed E-state index contributed by atoms with van der Waals surface area (Å²) >= 11 is 0. The Bertz CT molecular complexity index is 5360. The lowest BCUT2D eigenvalue weighted by atomic mass is 9.86. The van der Waals surface area contributed by atoms with Crippen molar-refractivity contribution in [3.8, 4) is 45.3 Å². The minimum atomic E-state index is 0.742. The van der Waals surface area contributed by atoms with Crippen LogP contribution < -0.4 is 19.3 Å². The summed E-state index contributed by atoms with van der Waals surface area (Å²) in [6.45, 7) is 0. The smallest absolute Gasteiger partial charge is 0.152 e. The molecule has 6 heterocycles. The number of hydrogen-bond acceptors (Lipinski definition) is 8. The van der Waals surface area contributed by atoms with Gasteiger partial charge in [-0.3, -0.25) is 9.97 Å². The average Bonchev–Trinajstić information content (AvgIpc) is 1.78. The van der Waals surface area contributed by atoms with Crippen LogP contribution in [0.25, 0.3) is 131 Å². The second kappa shape index (κ2) is 17.0. The Hall–Kier alpha value is -11.5. The zero-order valence-corrected chi connectivity index (χ0v) is 44.7. The van der Waals surface area contributed by atoms with E-state index in [-0.39, 0.29) is 0 Å². The van der Waals surface area contributed by atoms with E-state index in [2.05, 4.69) is 204 Å². The molecule has 0 saturated heterocycles. The summed E-state index contributed by atoms with van der Waals surface area (Å²) in [5.74, 6) is 3.01. The molecule has 2 aliphatic heterocycles. The van der Waals surface area contributed by atoms with Gasteiger partial charge >= 0.3 is 0 Å². The van der Waals surface area contributed by atoms with Crippen molar-refractivity contribution in [1.82, 2.24) is 9.97 Å². The summed E-state index contributed by atoms with van der Waals surface area (Å²) in [4.78, 5) is 14.1. The van der Waals surface area contributed by atoms with Crippen LogP contribution in [0.2, 0.25) is 0 Å². The first-order valence-electron chi connectivity index (χ1n) is 28.2. The number of nitrogens with zero attached hydrogens (tertiary/aromatic N) is 4. The Morgan fingerprint density at radius 3 is 1.08 bits per heavy atom. The predicted octanol–water partition coefficient (Wildman–Crippen LogP) is 21.7. The van der Waals surface area contributed by atoms with Crippen molar-refractivity contribution in [2.24, 2.45) is 0 Å². The molecule has 0 atom stereocenters. The van der Waals surface area contributed by atoms with Gasteiger partial charge in [0, 0.05) is 81.0 Å². The van der Waals surface area contributed by atoms with Gasteiger partial charge in [0.2, 0.25) is 0 Å². The molecule has 17 aromatic rings. The van der Waals surface area contributed by atoms with Gasteiger partial charge < -0.3 is 28.1 Å². The second-order valence-corrected chi connectivity index (χ2v) is 22.1. The third-order valence-electron chi connectivity index (χ3n) is 17.4. The van der Waals surface area contributed by atoms with Crippen LogP contribution in [0.1, 0.15) is 0 Å². The quantitative estimate of drug-likeness (QED) is 0.161. The van der Waals surface area contributed by atoms with Crippen molar-refractivity contribution in [3.05, 3.63) is 255 Å². The molecule has 0 unspecified atom stereocenters. The highest BCUT2D eigenvalue weighted by molar-refractivity contribution is 6.23. The predicted molar refractivity (Wildman–Crippen MR) is 342 cm³/mol. The average molecular weight is 1080 g/mol. The van der Waals surface area contributed by atoms with Crippen LogP contribution in [-0.2, 0) is 0 Å². The molecule has 13 aromatic carbocycles. The first-order chi connectivity index (χ1) is 41.6. The van der Waals surface area contributed by atoms with E-state index in [0.29, 0.717) is 0 Å². The molecule has 84 heavy (non-hydrogen) atoms. The third-order valence-corrected chi connectivity index (χ3v) is 17.4. The highest BCUT2D eigenvalue weighted by atomic mass is 16.5. The van der Waals surface area contributed by atoms with Gasteiger partial charge in [-0.25, -0.2) is 0 Å². The van der Waals surface area contributed by atoms with Crippen LogP contribution in [0.4, 0.5) is 34.1 Å². The molecule has 19 rings (SSSR count). The van der Waals surface area contributed by atoms with Crippen LogP contribution in [0.15, 0.2) is 264 Å². The molecule has 4 aromatic heterocycles. The molecule has 8 heteroatoms. The molecule has 0 fully saturated rings. The Balaban J connectivity index is 0.817. The maximum absolute atomic E-state index is 6.87. The molecule has 0 saturated carbocycles. The summed E-state index contributed by atoms with van der Waals surface area (Å²) < 4.78 is 27.4. The maximum atomic E-state index is 6.87. The van der Waals surface area contributed by atoms with Gasteiger partial charge in [0.05, 0.1) is 22.7 Å². The minimum absolute atomic E-state index is 0.742. The second-order valence-electron chi connectivity index (χ2n) is 22.1. The van der Waals surface area contributed by atoms with Gasteiger partial charge in [-0.15, -0.1) is 0 Å². The van der Waals surface area contributed by atoms with E-state index in [4.69, 9.17) is 28.3 Å². The fraction of sp³-hybridized carbons (Fsp3) is 0. The van der Waals surface area contributed by atoms with Gasteiger partial charge in [-0.1, -0.05) is 97.1 Å². The molecule has 2 aliphatic rings. The highest BCUT2D eigenvalue weighted by Crippen LogP contribution is 2.57. The van der Waals surface area contributed by atoms with Crippen molar-refractivity contribution in [1.29, 1.82) is 0 Å². The topological polar surface area (TPSA) is 77.0 Å². The van der Waals surface area contributed by atoms with E-state index >= 15 is 0 Å². The molecule has 0 N–H and O–H groups in total. The number of fused-ring (bicyclic) bond motifs is 16. The summed E-state index contributed by atoms with van der Waals surface area (Å²) in [7, 11) is 0. The summed E-state index contributed by atoms with van der Waals surface area (Å²) in [5, 5.41) is 17.7. The first-order valence-corrected chi connectivity index (χ1v) is 28.2. The van der Waals surface area contributed by atoms with E-state index in [1.807, 2.05) is 61.2 Å². The van der Waals surface area contributed by atoms with Gasteiger partial charge in [-0.2, -0.15) is 0 Å². The number of rotatable bonds is 4. The monoisotopic (exact) mass is 1070 g/mol. The molecule has 0 amide bonds. The molecule has 0 radical (unpaired) electrons. The maximum Gasteiger partial charge on any atom is 0.152 e. The van der Waals surface area contributed by atoms with Gasteiger partial charge in [0.15, 0.2) is 23.0 Å². The fourth-order valence-corrected chi connectivity index (χ4v) is 13.6. The number of furan rings is 2. The van der Waals surface area contributed by atoms with Gasteiger partial charge in [-0.05, 0) is 197 Å². The van der Waals surface area contributed by atoms with E-state index in [1.54, 1.807) is 0 Å². The van der Waals surface area contributed by atoms with Crippen LogP contribution >= 0.6 is 0 Å². The van der Waals surface area contributed by atoms with Gasteiger partial charge in [0.25, 0.3) is 0 Å². The van der Waals surface area contributed by atoms with E-state index < -0.39 is 0 Å². The van der Waals surface area contributed by atoms with Crippen LogP contribution in [0, 0.1) is 0 Å². The normalized spacial score (nSPS) is 12.9. The summed E-state index contributed by atoms with van der Waals surface area (Å²) in [5.41, 5.74) is 12.9. The zero-order valence-electron chi connectivity index (χ0n) is 44.7. The van der Waals surface area contributed by atoms with E-state index in [0.717, 1.165) is 166 Å². The number of aromatic nitrogens is 2. The highest BCUT2D eigenvalue weighted by Gasteiger charge is 2.31. The van der Waals surface area contributed by atoms with Crippen molar-refractivity contribution < 1.29 is 18.3 Å². The van der Waals surface area contributed by atoms with E-state index in [1.165, 1.54) is 21.5 Å². The Labute approximate surface area is 478 Å². The summed E-state index contributed by atoms with van der Waals surface area (Å²) in [6, 6.07) is 82.0. The SMILES string of the molecule is c1cncc(-c2c3ccc(N4c5ccccc5Oc5cc6c(cc54)oc4cc5cc7ccccc7cc5cc46)cc3c(-c3cccnc3)c3ccc(N4c5ccccc5Oc5cc6c(cc54)oc4cc5cc7ccccc7cc5cc46)cc23)c1.